The Kier molecular flexibility index (Phi) is 10.4. The first-order valence-corrected chi connectivity index (χ1v) is 29.6. The molecule has 4 saturated carbocycles. The van der Waals surface area contributed by atoms with E-state index in [4.69, 9.17) is 0 Å². The van der Waals surface area contributed by atoms with E-state index in [0.29, 0.717) is 0 Å². The molecule has 4 heteroatoms. The fraction of sp³-hybridized carbons (Fsp3) is 0.507. The van der Waals surface area contributed by atoms with Crippen LogP contribution < -0.4 is 25.5 Å². The first kappa shape index (κ1) is 48.1. The lowest BCUT2D eigenvalue weighted by atomic mass is 9.35. The van der Waals surface area contributed by atoms with Crippen LogP contribution in [0.4, 0.5) is 28.4 Å². The van der Waals surface area contributed by atoms with E-state index in [9.17, 15) is 0 Å². The summed E-state index contributed by atoms with van der Waals surface area (Å²) in [6.45, 7) is 35.6. The third kappa shape index (κ3) is 7.42. The van der Waals surface area contributed by atoms with Crippen LogP contribution in [-0.2, 0) is 44.4 Å². The zero-order valence-corrected chi connectivity index (χ0v) is 47.9. The molecule has 3 heterocycles. The highest BCUT2D eigenvalue weighted by Gasteiger charge is 2.55. The second kappa shape index (κ2) is 15.8. The topological polar surface area (TPSA) is 6.48 Å². The summed E-state index contributed by atoms with van der Waals surface area (Å²) < 4.78 is 1.57. The second-order valence-corrected chi connectivity index (χ2v) is 30.8. The van der Waals surface area contributed by atoms with Crippen molar-refractivity contribution in [3.63, 3.8) is 0 Å². The van der Waals surface area contributed by atoms with E-state index in [0.717, 1.165) is 24.3 Å². The Hall–Kier alpha value is -4.54. The maximum atomic E-state index is 2.89. The summed E-state index contributed by atoms with van der Waals surface area (Å²) in [6, 6.07) is 39.9. The number of thiophene rings is 1. The molecular formula is C69H83BN2S. The summed E-state index contributed by atoms with van der Waals surface area (Å²) in [5.74, 6) is 2.57. The first-order chi connectivity index (χ1) is 34.3. The van der Waals surface area contributed by atoms with Gasteiger partial charge in [0, 0.05) is 38.9 Å². The van der Waals surface area contributed by atoms with Crippen molar-refractivity contribution < 1.29 is 0 Å². The van der Waals surface area contributed by atoms with Crippen molar-refractivity contribution in [1.82, 2.24) is 0 Å². The van der Waals surface area contributed by atoms with Crippen LogP contribution in [0.2, 0.25) is 0 Å². The fourth-order valence-electron chi connectivity index (χ4n) is 16.5. The highest BCUT2D eigenvalue weighted by Crippen LogP contribution is 2.63. The molecule has 0 amide bonds. The van der Waals surface area contributed by atoms with E-state index in [1.165, 1.54) is 131 Å². The quantitative estimate of drug-likeness (QED) is 0.159. The van der Waals surface area contributed by atoms with E-state index in [1.807, 2.05) is 0 Å². The van der Waals surface area contributed by atoms with Gasteiger partial charge < -0.3 is 9.80 Å². The van der Waals surface area contributed by atoms with E-state index in [1.54, 1.807) is 31.9 Å². The summed E-state index contributed by atoms with van der Waals surface area (Å²) in [5, 5.41) is 0. The summed E-state index contributed by atoms with van der Waals surface area (Å²) in [7, 11) is 0. The molecule has 0 radical (unpaired) electrons. The van der Waals surface area contributed by atoms with Gasteiger partial charge in [-0.2, -0.15) is 11.3 Å². The van der Waals surface area contributed by atoms with Crippen LogP contribution in [0.1, 0.15) is 205 Å². The molecule has 6 aliphatic carbocycles. The molecule has 378 valence electrons. The van der Waals surface area contributed by atoms with Crippen LogP contribution in [0.25, 0.3) is 11.1 Å². The molecule has 73 heavy (non-hydrogen) atoms. The third-order valence-corrected chi connectivity index (χ3v) is 22.3. The van der Waals surface area contributed by atoms with Crippen LogP contribution in [-0.4, -0.2) is 6.71 Å². The van der Waals surface area contributed by atoms with Gasteiger partial charge in [0.15, 0.2) is 0 Å². The van der Waals surface area contributed by atoms with Crippen molar-refractivity contribution in [1.29, 1.82) is 0 Å². The molecule has 0 unspecified atom stereocenters. The van der Waals surface area contributed by atoms with E-state index < -0.39 is 0 Å². The van der Waals surface area contributed by atoms with Crippen molar-refractivity contribution in [2.75, 3.05) is 9.80 Å². The largest absolute Gasteiger partial charge is 0.338 e. The molecular weight excluding hydrogens is 900 g/mol. The Morgan fingerprint density at radius 1 is 0.575 bits per heavy atom. The van der Waals surface area contributed by atoms with Crippen molar-refractivity contribution >= 4 is 62.2 Å². The molecule has 0 atom stereocenters. The van der Waals surface area contributed by atoms with Crippen molar-refractivity contribution in [2.45, 2.75) is 206 Å². The van der Waals surface area contributed by atoms with Crippen LogP contribution in [0.3, 0.4) is 0 Å². The molecule has 4 bridgehead atoms. The molecule has 0 saturated heterocycles. The van der Waals surface area contributed by atoms with E-state index in [2.05, 4.69) is 215 Å². The number of benzene rings is 5. The number of hydrogen-bond acceptors (Lipinski definition) is 3. The average Bonchev–Trinajstić information content (AvgIpc) is 3.75. The van der Waals surface area contributed by atoms with Gasteiger partial charge in [-0.25, -0.2) is 0 Å². The zero-order valence-electron chi connectivity index (χ0n) is 47.1. The molecule has 2 nitrogen and oxygen atoms in total. The summed E-state index contributed by atoms with van der Waals surface area (Å²) in [6.07, 6.45) is 13.2. The molecule has 1 aromatic heterocycles. The monoisotopic (exact) mass is 983 g/mol. The molecule has 4 fully saturated rings. The first-order valence-electron chi connectivity index (χ1n) is 28.7. The van der Waals surface area contributed by atoms with E-state index >= 15 is 0 Å². The molecule has 0 N–H and O–H groups in total. The summed E-state index contributed by atoms with van der Waals surface area (Å²) in [5.41, 5.74) is 24.0. The minimum atomic E-state index is 0.0327. The maximum absolute atomic E-state index is 2.89. The lowest BCUT2D eigenvalue weighted by molar-refractivity contribution is -0.00514. The van der Waals surface area contributed by atoms with Gasteiger partial charge in [0.1, 0.15) is 0 Å². The Morgan fingerprint density at radius 2 is 1.14 bits per heavy atom. The van der Waals surface area contributed by atoms with Gasteiger partial charge in [-0.15, -0.1) is 0 Å². The lowest BCUT2D eigenvalue weighted by Crippen LogP contribution is -2.61. The average molecular weight is 983 g/mol. The molecule has 5 aromatic carbocycles. The van der Waals surface area contributed by atoms with Crippen LogP contribution >= 0.6 is 11.3 Å². The van der Waals surface area contributed by atoms with Crippen LogP contribution in [0.5, 0.6) is 0 Å². The Morgan fingerprint density at radius 3 is 1.75 bits per heavy atom. The predicted molar refractivity (Wildman–Crippen MR) is 316 cm³/mol. The van der Waals surface area contributed by atoms with Crippen molar-refractivity contribution in [3.05, 3.63) is 141 Å². The fourth-order valence-corrected chi connectivity index (χ4v) is 18.2. The summed E-state index contributed by atoms with van der Waals surface area (Å²) >= 11 is 2.19. The molecule has 14 rings (SSSR count). The van der Waals surface area contributed by atoms with Gasteiger partial charge in [-0.3, -0.25) is 0 Å². The van der Waals surface area contributed by atoms with Crippen molar-refractivity contribution in [2.24, 2.45) is 17.8 Å². The van der Waals surface area contributed by atoms with Crippen LogP contribution in [0, 0.1) is 17.8 Å². The second-order valence-electron chi connectivity index (χ2n) is 29.8. The number of fused-ring (bicyclic) bond motifs is 7. The maximum Gasteiger partial charge on any atom is 0.264 e. The number of anilines is 5. The number of rotatable bonds is 5. The number of nitrogens with zero attached hydrogens (tertiary/aromatic N) is 2. The highest BCUT2D eigenvalue weighted by molar-refractivity contribution is 7.29. The molecule has 6 aromatic rings. The van der Waals surface area contributed by atoms with Gasteiger partial charge in [-0.05, 0) is 211 Å². The number of hydrogen-bond donors (Lipinski definition) is 0. The normalized spacial score (nSPS) is 25.5. The third-order valence-electron chi connectivity index (χ3n) is 20.7. The zero-order chi connectivity index (χ0) is 51.2. The lowest BCUT2D eigenvalue weighted by Gasteiger charge is -2.57. The Bertz CT molecular complexity index is 3180. The predicted octanol–water partition coefficient (Wildman–Crippen LogP) is 17.1. The van der Waals surface area contributed by atoms with Gasteiger partial charge in [0.2, 0.25) is 0 Å². The standard InChI is InChI=1S/C69H83BN2S/c1-63(2,3)47-22-24-50(25-23-47)72-57-35-49(69-38-42-30-43(39-69)32-44(31-42)40-69)34-56-59(57)70(62-60(72)58-61(73-62)68(13,14)29-28-67(58,11)12)54-36-52-53(66(9,10)27-26-65(52,7)8)37-55(54)71(56)41-46-20-21-48(64(4,5)6)33-51(46)45-18-16-15-17-19-45/h15-25,33-37,42-44H,26-32,38-41H2,1-14H3. The SMILES string of the molecule is CC(C)(C)c1ccc(N2c3cc(C45CC6CC(CC(C6)C4)C5)cc4c3B(c3cc5c(cc3N4Cc3ccc(C(C)(C)C)cc3-c3ccccc3)C(C)(C)CCC5(C)C)c3sc4c(c32)C(C)(C)CCC4(C)C)cc1. The van der Waals surface area contributed by atoms with Gasteiger partial charge >= 0.3 is 0 Å². The van der Waals surface area contributed by atoms with Gasteiger partial charge in [0.25, 0.3) is 6.71 Å². The van der Waals surface area contributed by atoms with Gasteiger partial charge in [-0.1, -0.05) is 164 Å². The molecule has 8 aliphatic rings. The van der Waals surface area contributed by atoms with E-state index in [-0.39, 0.29) is 44.6 Å². The minimum Gasteiger partial charge on any atom is -0.338 e. The van der Waals surface area contributed by atoms with Gasteiger partial charge in [0.05, 0.1) is 5.69 Å². The highest BCUT2D eigenvalue weighted by atomic mass is 32.1. The molecule has 2 aliphatic heterocycles. The molecule has 0 spiro atoms. The summed E-state index contributed by atoms with van der Waals surface area (Å²) in [4.78, 5) is 7.37. The Balaban J connectivity index is 1.15. The van der Waals surface area contributed by atoms with Crippen LogP contribution in [0.15, 0.2) is 97.1 Å². The minimum absolute atomic E-state index is 0.0327. The van der Waals surface area contributed by atoms with Crippen molar-refractivity contribution in [3.8, 4) is 11.1 Å². The smallest absolute Gasteiger partial charge is 0.264 e. The Labute approximate surface area is 444 Å².